The van der Waals surface area contributed by atoms with Gasteiger partial charge in [0.15, 0.2) is 0 Å². The van der Waals surface area contributed by atoms with Crippen molar-refractivity contribution in [2.45, 2.75) is 26.8 Å². The predicted molar refractivity (Wildman–Crippen MR) is 58.0 cm³/mol. The lowest BCUT2D eigenvalue weighted by atomic mass is 10.4. The lowest BCUT2D eigenvalue weighted by Crippen LogP contribution is -2.28. The fraction of sp³-hybridized carbons (Fsp3) is 0.556. The quantitative estimate of drug-likeness (QED) is 0.891. The molecule has 0 aromatic carbocycles. The molecular formula is C9H14BrN3O. The van der Waals surface area contributed by atoms with Crippen LogP contribution in [-0.2, 0) is 11.3 Å². The molecule has 0 aliphatic rings. The van der Waals surface area contributed by atoms with Gasteiger partial charge in [-0.25, -0.2) is 0 Å². The number of rotatable bonds is 4. The summed E-state index contributed by atoms with van der Waals surface area (Å²) in [7, 11) is 0. The highest BCUT2D eigenvalue weighted by atomic mass is 79.9. The Morgan fingerprint density at radius 3 is 2.93 bits per heavy atom. The minimum atomic E-state index is 0.00514. The van der Waals surface area contributed by atoms with Crippen molar-refractivity contribution in [3.8, 4) is 0 Å². The van der Waals surface area contributed by atoms with E-state index in [1.54, 1.807) is 10.9 Å². The smallest absolute Gasteiger partial charge is 0.241 e. The van der Waals surface area contributed by atoms with Crippen molar-refractivity contribution in [3.05, 3.63) is 16.4 Å². The van der Waals surface area contributed by atoms with Gasteiger partial charge in [-0.1, -0.05) is 6.92 Å². The van der Waals surface area contributed by atoms with E-state index in [-0.39, 0.29) is 12.5 Å². The number of hydrogen-bond donors (Lipinski definition) is 1. The van der Waals surface area contributed by atoms with Crippen molar-refractivity contribution in [1.82, 2.24) is 15.1 Å². The molecule has 1 heterocycles. The lowest BCUT2D eigenvalue weighted by molar-refractivity contribution is -0.121. The molecule has 0 saturated carbocycles. The highest BCUT2D eigenvalue weighted by Crippen LogP contribution is 2.13. The Hall–Kier alpha value is -0.840. The Balaban J connectivity index is 2.52. The first kappa shape index (κ1) is 11.2. The van der Waals surface area contributed by atoms with E-state index in [2.05, 4.69) is 26.3 Å². The first-order valence-electron chi connectivity index (χ1n) is 4.59. The summed E-state index contributed by atoms with van der Waals surface area (Å²) >= 11 is 3.34. The molecule has 4 nitrogen and oxygen atoms in total. The van der Waals surface area contributed by atoms with Gasteiger partial charge in [0.2, 0.25) is 5.91 Å². The molecule has 14 heavy (non-hydrogen) atoms. The number of carbonyl (C=O) groups is 1. The molecule has 0 saturated heterocycles. The normalized spacial score (nSPS) is 10.2. The van der Waals surface area contributed by atoms with E-state index in [0.717, 1.165) is 23.1 Å². The second-order valence-corrected chi connectivity index (χ2v) is 3.94. The topological polar surface area (TPSA) is 46.9 Å². The van der Waals surface area contributed by atoms with E-state index in [1.807, 2.05) is 13.8 Å². The number of carbonyl (C=O) groups excluding carboxylic acids is 1. The summed E-state index contributed by atoms with van der Waals surface area (Å²) < 4.78 is 2.61. The molecule has 0 bridgehead atoms. The Morgan fingerprint density at radius 2 is 2.43 bits per heavy atom. The van der Waals surface area contributed by atoms with Crippen LogP contribution in [0.5, 0.6) is 0 Å². The van der Waals surface area contributed by atoms with E-state index in [0.29, 0.717) is 0 Å². The molecule has 0 spiro atoms. The van der Waals surface area contributed by atoms with Crippen molar-refractivity contribution in [3.63, 3.8) is 0 Å². The molecular weight excluding hydrogens is 246 g/mol. The standard InChI is InChI=1S/C9H14BrN3O/c1-3-4-11-9(14)6-13-7(2)8(10)5-12-13/h5H,3-4,6H2,1-2H3,(H,11,14). The van der Waals surface area contributed by atoms with Crippen LogP contribution in [0.15, 0.2) is 10.7 Å². The van der Waals surface area contributed by atoms with Crippen LogP contribution in [0.1, 0.15) is 19.0 Å². The molecule has 0 unspecified atom stereocenters. The SMILES string of the molecule is CCCNC(=O)Cn1ncc(Br)c1C. The highest BCUT2D eigenvalue weighted by molar-refractivity contribution is 9.10. The third-order valence-electron chi connectivity index (χ3n) is 1.91. The molecule has 0 atom stereocenters. The first-order valence-corrected chi connectivity index (χ1v) is 5.39. The fourth-order valence-corrected chi connectivity index (χ4v) is 1.34. The molecule has 78 valence electrons. The third kappa shape index (κ3) is 2.83. The van der Waals surface area contributed by atoms with Gasteiger partial charge in [0.1, 0.15) is 6.54 Å². The monoisotopic (exact) mass is 259 g/mol. The number of aromatic nitrogens is 2. The number of nitrogens with zero attached hydrogens (tertiary/aromatic N) is 2. The predicted octanol–water partition coefficient (Wildman–Crippen LogP) is 1.48. The van der Waals surface area contributed by atoms with Crippen LogP contribution in [0.4, 0.5) is 0 Å². The molecule has 1 rings (SSSR count). The average Bonchev–Trinajstić information content (AvgIpc) is 2.46. The number of halogens is 1. The molecule has 0 fully saturated rings. The van der Waals surface area contributed by atoms with E-state index < -0.39 is 0 Å². The second kappa shape index (κ2) is 5.14. The largest absolute Gasteiger partial charge is 0.355 e. The first-order chi connectivity index (χ1) is 6.65. The van der Waals surface area contributed by atoms with Crippen LogP contribution in [0, 0.1) is 6.92 Å². The second-order valence-electron chi connectivity index (χ2n) is 3.09. The van der Waals surface area contributed by atoms with Gasteiger partial charge in [0, 0.05) is 6.54 Å². The Bertz CT molecular complexity index is 322. The van der Waals surface area contributed by atoms with E-state index in [4.69, 9.17) is 0 Å². The van der Waals surface area contributed by atoms with Crippen LogP contribution >= 0.6 is 15.9 Å². The van der Waals surface area contributed by atoms with Crippen LogP contribution in [0.2, 0.25) is 0 Å². The molecule has 0 aliphatic carbocycles. The van der Waals surface area contributed by atoms with Crippen LogP contribution < -0.4 is 5.32 Å². The zero-order chi connectivity index (χ0) is 10.6. The van der Waals surface area contributed by atoms with Crippen molar-refractivity contribution < 1.29 is 4.79 Å². The van der Waals surface area contributed by atoms with Gasteiger partial charge in [-0.05, 0) is 29.3 Å². The number of amides is 1. The van der Waals surface area contributed by atoms with Crippen molar-refractivity contribution in [2.24, 2.45) is 0 Å². The van der Waals surface area contributed by atoms with Crippen molar-refractivity contribution in [1.29, 1.82) is 0 Å². The summed E-state index contributed by atoms with van der Waals surface area (Å²) in [6.45, 7) is 4.96. The molecule has 1 aromatic rings. The van der Waals surface area contributed by atoms with E-state index in [1.165, 1.54) is 0 Å². The zero-order valence-electron chi connectivity index (χ0n) is 8.38. The van der Waals surface area contributed by atoms with E-state index >= 15 is 0 Å². The summed E-state index contributed by atoms with van der Waals surface area (Å²) in [5.74, 6) is 0.00514. The summed E-state index contributed by atoms with van der Waals surface area (Å²) in [5.41, 5.74) is 0.969. The lowest BCUT2D eigenvalue weighted by Gasteiger charge is -2.05. The Labute approximate surface area is 91.8 Å². The fourth-order valence-electron chi connectivity index (χ4n) is 1.04. The maximum atomic E-state index is 11.3. The number of hydrogen-bond acceptors (Lipinski definition) is 2. The maximum absolute atomic E-state index is 11.3. The van der Waals surface area contributed by atoms with Gasteiger partial charge in [-0.15, -0.1) is 0 Å². The Kier molecular flexibility index (Phi) is 4.13. The van der Waals surface area contributed by atoms with Crippen molar-refractivity contribution >= 4 is 21.8 Å². The minimum Gasteiger partial charge on any atom is -0.355 e. The molecule has 1 N–H and O–H groups in total. The minimum absolute atomic E-state index is 0.00514. The van der Waals surface area contributed by atoms with Crippen LogP contribution in [0.25, 0.3) is 0 Å². The third-order valence-corrected chi connectivity index (χ3v) is 2.69. The number of nitrogens with one attached hydrogen (secondary N) is 1. The average molecular weight is 260 g/mol. The van der Waals surface area contributed by atoms with Gasteiger partial charge in [0.25, 0.3) is 0 Å². The molecule has 1 amide bonds. The highest BCUT2D eigenvalue weighted by Gasteiger charge is 2.07. The van der Waals surface area contributed by atoms with Crippen LogP contribution in [-0.4, -0.2) is 22.2 Å². The summed E-state index contributed by atoms with van der Waals surface area (Å²) in [4.78, 5) is 11.3. The van der Waals surface area contributed by atoms with Gasteiger partial charge in [-0.2, -0.15) is 5.10 Å². The van der Waals surface area contributed by atoms with Crippen LogP contribution in [0.3, 0.4) is 0 Å². The van der Waals surface area contributed by atoms with Gasteiger partial charge in [-0.3, -0.25) is 9.48 Å². The summed E-state index contributed by atoms with van der Waals surface area (Å²) in [6, 6.07) is 0. The molecule has 5 heteroatoms. The van der Waals surface area contributed by atoms with Gasteiger partial charge >= 0.3 is 0 Å². The Morgan fingerprint density at radius 1 is 1.71 bits per heavy atom. The zero-order valence-corrected chi connectivity index (χ0v) is 9.97. The molecule has 0 radical (unpaired) electrons. The van der Waals surface area contributed by atoms with Crippen molar-refractivity contribution in [2.75, 3.05) is 6.54 Å². The molecule has 1 aromatic heterocycles. The van der Waals surface area contributed by atoms with E-state index in [9.17, 15) is 4.79 Å². The molecule has 0 aliphatic heterocycles. The maximum Gasteiger partial charge on any atom is 0.241 e. The van der Waals surface area contributed by atoms with Gasteiger partial charge < -0.3 is 5.32 Å². The summed E-state index contributed by atoms with van der Waals surface area (Å²) in [6.07, 6.45) is 2.65. The summed E-state index contributed by atoms with van der Waals surface area (Å²) in [5, 5.41) is 6.87. The van der Waals surface area contributed by atoms with Gasteiger partial charge in [0.05, 0.1) is 16.4 Å².